The van der Waals surface area contributed by atoms with Gasteiger partial charge < -0.3 is 4.42 Å². The maximum absolute atomic E-state index is 11.3. The van der Waals surface area contributed by atoms with Crippen LogP contribution in [0.3, 0.4) is 0 Å². The number of rotatable bonds is 2. The van der Waals surface area contributed by atoms with Gasteiger partial charge in [-0.25, -0.2) is 18.4 Å². The Morgan fingerprint density at radius 3 is 2.56 bits per heavy atom. The maximum Gasteiger partial charge on any atom is 0.414 e. The molecular weight excluding hydrogens is 252 g/mol. The zero-order chi connectivity index (χ0) is 11.8. The molecule has 0 aliphatic heterocycles. The van der Waals surface area contributed by atoms with E-state index in [1.54, 1.807) is 6.07 Å². The van der Waals surface area contributed by atoms with Crippen LogP contribution < -0.4 is 10.1 Å². The Morgan fingerprint density at radius 1 is 1.31 bits per heavy atom. The highest BCUT2D eigenvalue weighted by atomic mass is 32.2. The highest BCUT2D eigenvalue weighted by Crippen LogP contribution is 2.24. The van der Waals surface area contributed by atoms with Crippen LogP contribution in [0.25, 0.3) is 11.5 Å². The second-order valence-corrected chi connectivity index (χ2v) is 5.11. The van der Waals surface area contributed by atoms with Gasteiger partial charge in [0.15, 0.2) is 0 Å². The lowest BCUT2D eigenvalue weighted by Gasteiger charge is -2.02. The van der Waals surface area contributed by atoms with Gasteiger partial charge in [0.2, 0.25) is 15.9 Å². The molecule has 0 bridgehead atoms. The minimum absolute atomic E-state index is 0.0420. The Labute approximate surface area is 94.6 Å². The van der Waals surface area contributed by atoms with Gasteiger partial charge in [0.1, 0.15) is 0 Å². The van der Waals surface area contributed by atoms with Crippen molar-refractivity contribution in [2.24, 2.45) is 5.14 Å². The van der Waals surface area contributed by atoms with E-state index in [0.29, 0.717) is 11.5 Å². The monoisotopic (exact) mass is 258 g/mol. The van der Waals surface area contributed by atoms with Crippen LogP contribution in [-0.4, -0.2) is 12.8 Å². The largest absolute Gasteiger partial charge is 0.414 e. The molecule has 0 saturated heterocycles. The van der Waals surface area contributed by atoms with Crippen LogP contribution in [0, 0.1) is 0 Å². The van der Waals surface area contributed by atoms with E-state index >= 15 is 0 Å². The Hall–Kier alpha value is -1.51. The summed E-state index contributed by atoms with van der Waals surface area (Å²) in [5.74, 6) is -0.0420. The highest BCUT2D eigenvalue weighted by Gasteiger charge is 2.17. The molecule has 2 aromatic rings. The van der Waals surface area contributed by atoms with E-state index in [1.807, 2.05) is 0 Å². The minimum atomic E-state index is -3.87. The summed E-state index contributed by atoms with van der Waals surface area (Å²) >= 11 is 0.611. The Balaban J connectivity index is 2.71. The SMILES string of the molecule is NS(=O)(=O)c1ccccc1-c1nsc(=O)o1. The summed E-state index contributed by atoms with van der Waals surface area (Å²) in [5, 5.41) is 5.03. The van der Waals surface area contributed by atoms with Gasteiger partial charge in [0.25, 0.3) is 0 Å². The quantitative estimate of drug-likeness (QED) is 0.840. The number of hydrogen-bond acceptors (Lipinski definition) is 6. The maximum atomic E-state index is 11.3. The van der Waals surface area contributed by atoms with Gasteiger partial charge in [-0.1, -0.05) is 12.1 Å². The smallest absolute Gasteiger partial charge is 0.394 e. The molecule has 1 heterocycles. The van der Waals surface area contributed by atoms with E-state index in [9.17, 15) is 13.2 Å². The number of sulfonamides is 1. The van der Waals surface area contributed by atoms with E-state index in [1.165, 1.54) is 18.2 Å². The molecule has 0 unspecified atom stereocenters. The van der Waals surface area contributed by atoms with E-state index in [2.05, 4.69) is 4.37 Å². The molecule has 1 aromatic heterocycles. The summed E-state index contributed by atoms with van der Waals surface area (Å²) in [5.41, 5.74) is 0.184. The van der Waals surface area contributed by atoms with Crippen LogP contribution >= 0.6 is 11.5 Å². The molecule has 0 aliphatic carbocycles. The number of benzene rings is 1. The van der Waals surface area contributed by atoms with Crippen LogP contribution in [0.5, 0.6) is 0 Å². The first kappa shape index (κ1) is 11.0. The number of nitrogens with two attached hydrogens (primary N) is 1. The number of aromatic nitrogens is 1. The molecule has 1 aromatic carbocycles. The van der Waals surface area contributed by atoms with Crippen LogP contribution in [0.15, 0.2) is 38.4 Å². The van der Waals surface area contributed by atoms with Crippen LogP contribution in [-0.2, 0) is 10.0 Å². The summed E-state index contributed by atoms with van der Waals surface area (Å²) in [6.45, 7) is 0. The first-order chi connectivity index (χ1) is 7.48. The normalized spacial score (nSPS) is 11.6. The molecule has 0 spiro atoms. The van der Waals surface area contributed by atoms with E-state index in [4.69, 9.17) is 9.56 Å². The summed E-state index contributed by atoms with van der Waals surface area (Å²) in [6.07, 6.45) is 0. The number of nitrogens with zero attached hydrogens (tertiary/aromatic N) is 1. The molecular formula is C8H6N2O4S2. The number of hydrogen-bond donors (Lipinski definition) is 1. The molecule has 2 rings (SSSR count). The Bertz CT molecular complexity index is 671. The van der Waals surface area contributed by atoms with Gasteiger partial charge in [-0.05, 0) is 12.1 Å². The van der Waals surface area contributed by atoms with Crippen molar-refractivity contribution in [2.75, 3.05) is 0 Å². The Morgan fingerprint density at radius 2 is 2.00 bits per heavy atom. The van der Waals surface area contributed by atoms with Gasteiger partial charge in [-0.3, -0.25) is 0 Å². The fraction of sp³-hybridized carbons (Fsp3) is 0. The van der Waals surface area contributed by atoms with Gasteiger partial charge in [-0.15, -0.1) is 4.37 Å². The third-order valence-electron chi connectivity index (χ3n) is 1.81. The molecule has 84 valence electrons. The summed E-state index contributed by atoms with van der Waals surface area (Å²) in [6, 6.07) is 5.92. The molecule has 0 radical (unpaired) electrons. The first-order valence-corrected chi connectivity index (χ1v) is 6.39. The van der Waals surface area contributed by atoms with Crippen molar-refractivity contribution in [2.45, 2.75) is 4.90 Å². The zero-order valence-electron chi connectivity index (χ0n) is 7.78. The van der Waals surface area contributed by atoms with Gasteiger partial charge >= 0.3 is 4.94 Å². The lowest BCUT2D eigenvalue weighted by molar-refractivity contribution is 0.540. The molecule has 0 amide bonds. The topological polar surface area (TPSA) is 103 Å². The fourth-order valence-corrected chi connectivity index (χ4v) is 2.33. The number of primary sulfonamides is 1. The lowest BCUT2D eigenvalue weighted by Crippen LogP contribution is -2.13. The van der Waals surface area contributed by atoms with Crippen LogP contribution in [0.4, 0.5) is 0 Å². The van der Waals surface area contributed by atoms with Crippen molar-refractivity contribution in [3.8, 4) is 11.5 Å². The summed E-state index contributed by atoms with van der Waals surface area (Å²) in [7, 11) is -3.87. The van der Waals surface area contributed by atoms with E-state index < -0.39 is 15.0 Å². The van der Waals surface area contributed by atoms with Crippen molar-refractivity contribution in [3.63, 3.8) is 0 Å². The molecule has 6 nitrogen and oxygen atoms in total. The van der Waals surface area contributed by atoms with E-state index in [0.717, 1.165) is 0 Å². The predicted molar refractivity (Wildman–Crippen MR) is 57.5 cm³/mol. The molecule has 8 heteroatoms. The Kier molecular flexibility index (Phi) is 2.62. The molecule has 2 N–H and O–H groups in total. The van der Waals surface area contributed by atoms with Crippen LogP contribution in [0.2, 0.25) is 0 Å². The molecule has 0 fully saturated rings. The second kappa shape index (κ2) is 3.81. The second-order valence-electron chi connectivity index (χ2n) is 2.88. The fourth-order valence-electron chi connectivity index (χ4n) is 1.19. The average Bonchev–Trinajstić information content (AvgIpc) is 2.64. The minimum Gasteiger partial charge on any atom is -0.394 e. The zero-order valence-corrected chi connectivity index (χ0v) is 9.42. The van der Waals surface area contributed by atoms with E-state index in [-0.39, 0.29) is 16.3 Å². The first-order valence-electron chi connectivity index (χ1n) is 4.07. The molecule has 0 aliphatic rings. The summed E-state index contributed by atoms with van der Waals surface area (Å²) < 4.78 is 31.0. The average molecular weight is 258 g/mol. The third-order valence-corrected chi connectivity index (χ3v) is 3.27. The molecule has 0 atom stereocenters. The predicted octanol–water partition coefficient (Wildman–Crippen LogP) is 0.411. The van der Waals surface area contributed by atoms with Crippen molar-refractivity contribution in [3.05, 3.63) is 34.0 Å². The molecule has 0 saturated carbocycles. The molecule has 16 heavy (non-hydrogen) atoms. The standard InChI is InChI=1S/C8H6N2O4S2/c9-16(12,13)6-4-2-1-3-5(6)7-10-15-8(11)14-7/h1-4H,(H2,9,12,13). The van der Waals surface area contributed by atoms with Crippen LogP contribution in [0.1, 0.15) is 0 Å². The lowest BCUT2D eigenvalue weighted by atomic mass is 10.2. The van der Waals surface area contributed by atoms with Gasteiger partial charge in [0, 0.05) is 0 Å². The van der Waals surface area contributed by atoms with Gasteiger partial charge in [-0.2, -0.15) is 0 Å². The van der Waals surface area contributed by atoms with Crippen molar-refractivity contribution in [1.29, 1.82) is 0 Å². The van der Waals surface area contributed by atoms with Gasteiger partial charge in [0.05, 0.1) is 22.0 Å². The van der Waals surface area contributed by atoms with Crippen molar-refractivity contribution in [1.82, 2.24) is 4.37 Å². The van der Waals surface area contributed by atoms with Crippen molar-refractivity contribution < 1.29 is 12.8 Å². The summed E-state index contributed by atoms with van der Waals surface area (Å²) in [4.78, 5) is 10.1. The highest BCUT2D eigenvalue weighted by molar-refractivity contribution is 7.89. The third kappa shape index (κ3) is 2.03. The van der Waals surface area contributed by atoms with Crippen molar-refractivity contribution >= 4 is 21.6 Å².